The highest BCUT2D eigenvalue weighted by Crippen LogP contribution is 2.23. The Bertz CT molecular complexity index is 1370. The minimum Gasteiger partial charge on any atom is -0.457 e. The summed E-state index contributed by atoms with van der Waals surface area (Å²) in [4.78, 5) is 12.9. The SMILES string of the molecule is CC/C=C\C/C=C\C/C=C\C/C=C\C/C=C\C/C=C\C/C=C\CCCCCCOCC(COC1OC(CO)C(O)C(O)C1O)OC(=O)CCCCCCCCCCCCCCCCCCCCCCCC. The number of carbonyl (C=O) groups excluding carboxylic acids is 1. The van der Waals surface area contributed by atoms with Crippen molar-refractivity contribution >= 4 is 5.97 Å². The van der Waals surface area contributed by atoms with E-state index in [9.17, 15) is 25.2 Å². The Balaban J connectivity index is 2.19. The van der Waals surface area contributed by atoms with Gasteiger partial charge < -0.3 is 39.4 Å². The number of carbonyl (C=O) groups is 1. The van der Waals surface area contributed by atoms with E-state index in [1.165, 1.54) is 122 Å². The summed E-state index contributed by atoms with van der Waals surface area (Å²) >= 11 is 0. The number of rotatable bonds is 50. The van der Waals surface area contributed by atoms with E-state index in [1.807, 2.05) is 0 Å². The minimum atomic E-state index is -1.55. The quantitative estimate of drug-likeness (QED) is 0.0267. The van der Waals surface area contributed by atoms with E-state index in [0.717, 1.165) is 96.3 Å². The molecule has 1 fully saturated rings. The number of allylic oxidation sites excluding steroid dienone is 14. The van der Waals surface area contributed by atoms with Crippen molar-refractivity contribution in [3.63, 3.8) is 0 Å². The second-order valence-electron chi connectivity index (χ2n) is 19.7. The van der Waals surface area contributed by atoms with Crippen molar-refractivity contribution in [2.45, 2.75) is 275 Å². The van der Waals surface area contributed by atoms with Crippen LogP contribution in [0.3, 0.4) is 0 Å². The lowest BCUT2D eigenvalue weighted by Gasteiger charge is -2.39. The third kappa shape index (κ3) is 42.4. The van der Waals surface area contributed by atoms with Gasteiger partial charge in [0.05, 0.1) is 19.8 Å². The standard InChI is InChI=1S/C62H108O9/c1-3-5-7-9-11-13-15-17-19-21-23-25-27-28-29-30-32-34-36-38-40-42-44-46-48-50-52-68-54-56(55-69-62-61(67)60(66)59(65)57(53-63)71-62)70-58(64)51-49-47-45-43-41-39-37-35-33-31-26-24-22-20-18-16-14-12-10-8-6-4-2/h5,7,11,13,17,19,23,25,28-29,32,34,38,40,56-57,59-63,65-67H,3-4,6,8-10,12,14-16,18,20-22,24,26-27,30-31,33,35-37,39,41-55H2,1-2H3/b7-5-,13-11-,19-17-,25-23-,29-28-,34-32-,40-38-. The number of aliphatic hydroxyl groups is 4. The molecule has 1 aliphatic rings. The molecule has 0 amide bonds. The van der Waals surface area contributed by atoms with E-state index in [1.54, 1.807) is 0 Å². The van der Waals surface area contributed by atoms with Gasteiger partial charge in [0.1, 0.15) is 30.5 Å². The lowest BCUT2D eigenvalue weighted by Crippen LogP contribution is -2.59. The molecule has 6 unspecified atom stereocenters. The van der Waals surface area contributed by atoms with Gasteiger partial charge in [0.15, 0.2) is 6.29 Å². The maximum atomic E-state index is 12.9. The number of esters is 1. The van der Waals surface area contributed by atoms with Gasteiger partial charge in [0, 0.05) is 13.0 Å². The Kier molecular flexibility index (Phi) is 48.8. The molecule has 71 heavy (non-hydrogen) atoms. The molecule has 0 saturated carbocycles. The summed E-state index contributed by atoms with van der Waals surface area (Å²) in [5.41, 5.74) is 0. The molecule has 6 atom stereocenters. The molecular weight excluding hydrogens is 889 g/mol. The third-order valence-electron chi connectivity index (χ3n) is 13.1. The highest BCUT2D eigenvalue weighted by atomic mass is 16.7. The Morgan fingerprint density at radius 2 is 0.859 bits per heavy atom. The first-order valence-electron chi connectivity index (χ1n) is 29.2. The third-order valence-corrected chi connectivity index (χ3v) is 13.1. The van der Waals surface area contributed by atoms with Gasteiger partial charge in [0.25, 0.3) is 0 Å². The summed E-state index contributed by atoms with van der Waals surface area (Å²) in [6, 6.07) is 0. The van der Waals surface area contributed by atoms with Gasteiger partial charge in [-0.3, -0.25) is 4.79 Å². The van der Waals surface area contributed by atoms with Crippen molar-refractivity contribution in [2.24, 2.45) is 0 Å². The number of hydrogen-bond acceptors (Lipinski definition) is 9. The predicted molar refractivity (Wildman–Crippen MR) is 297 cm³/mol. The fraction of sp³-hybridized carbons (Fsp3) is 0.758. The lowest BCUT2D eigenvalue weighted by atomic mass is 9.99. The van der Waals surface area contributed by atoms with Crippen LogP contribution < -0.4 is 0 Å². The minimum absolute atomic E-state index is 0.125. The maximum Gasteiger partial charge on any atom is 0.306 e. The molecule has 0 aliphatic carbocycles. The molecule has 0 aromatic carbocycles. The fourth-order valence-corrected chi connectivity index (χ4v) is 8.59. The van der Waals surface area contributed by atoms with E-state index in [4.69, 9.17) is 18.9 Å². The van der Waals surface area contributed by atoms with Crippen LogP contribution in [-0.2, 0) is 23.7 Å². The van der Waals surface area contributed by atoms with E-state index in [-0.39, 0.29) is 19.2 Å². The zero-order valence-electron chi connectivity index (χ0n) is 45.5. The first-order valence-corrected chi connectivity index (χ1v) is 29.2. The van der Waals surface area contributed by atoms with Gasteiger partial charge in [-0.1, -0.05) is 247 Å². The Morgan fingerprint density at radius 3 is 1.30 bits per heavy atom. The van der Waals surface area contributed by atoms with Crippen molar-refractivity contribution in [1.82, 2.24) is 0 Å². The average molecular weight is 998 g/mol. The number of ether oxygens (including phenoxy) is 4. The van der Waals surface area contributed by atoms with Crippen molar-refractivity contribution in [3.8, 4) is 0 Å². The molecule has 0 aromatic heterocycles. The number of unbranched alkanes of at least 4 members (excludes halogenated alkanes) is 25. The van der Waals surface area contributed by atoms with Gasteiger partial charge in [-0.15, -0.1) is 0 Å². The van der Waals surface area contributed by atoms with Crippen LogP contribution in [0, 0.1) is 0 Å². The fourth-order valence-electron chi connectivity index (χ4n) is 8.59. The highest BCUT2D eigenvalue weighted by Gasteiger charge is 2.44. The molecule has 9 heteroatoms. The summed E-state index contributed by atoms with van der Waals surface area (Å²) < 4.78 is 22.9. The molecule has 9 nitrogen and oxygen atoms in total. The Morgan fingerprint density at radius 1 is 0.465 bits per heavy atom. The van der Waals surface area contributed by atoms with E-state index in [2.05, 4.69) is 98.9 Å². The zero-order valence-corrected chi connectivity index (χ0v) is 45.5. The Labute approximate surface area is 435 Å². The van der Waals surface area contributed by atoms with Crippen LogP contribution >= 0.6 is 0 Å². The van der Waals surface area contributed by atoms with E-state index < -0.39 is 43.4 Å². The van der Waals surface area contributed by atoms with Gasteiger partial charge in [-0.25, -0.2) is 0 Å². The number of hydrogen-bond donors (Lipinski definition) is 4. The van der Waals surface area contributed by atoms with Crippen molar-refractivity contribution < 1.29 is 44.2 Å². The van der Waals surface area contributed by atoms with Crippen LogP contribution in [0.2, 0.25) is 0 Å². The molecule has 1 heterocycles. The van der Waals surface area contributed by atoms with Crippen LogP contribution in [0.25, 0.3) is 0 Å². The lowest BCUT2D eigenvalue weighted by molar-refractivity contribution is -0.305. The molecule has 1 aliphatic heterocycles. The van der Waals surface area contributed by atoms with Crippen molar-refractivity contribution in [1.29, 1.82) is 0 Å². The van der Waals surface area contributed by atoms with E-state index >= 15 is 0 Å². The predicted octanol–water partition coefficient (Wildman–Crippen LogP) is 15.3. The molecule has 410 valence electrons. The normalized spacial score (nSPS) is 19.4. The van der Waals surface area contributed by atoms with Crippen LogP contribution in [-0.4, -0.2) is 89.6 Å². The second kappa shape index (κ2) is 52.2. The zero-order chi connectivity index (χ0) is 51.3. The van der Waals surface area contributed by atoms with Crippen LogP contribution in [0.5, 0.6) is 0 Å². The molecule has 1 saturated heterocycles. The monoisotopic (exact) mass is 997 g/mol. The topological polar surface area (TPSA) is 135 Å². The largest absolute Gasteiger partial charge is 0.457 e. The first-order chi connectivity index (χ1) is 34.9. The molecular formula is C62H108O9. The van der Waals surface area contributed by atoms with Gasteiger partial charge in [0.2, 0.25) is 0 Å². The van der Waals surface area contributed by atoms with Crippen molar-refractivity contribution in [2.75, 3.05) is 26.4 Å². The first kappa shape index (κ1) is 66.4. The smallest absolute Gasteiger partial charge is 0.306 e. The maximum absolute atomic E-state index is 12.9. The Hall–Kier alpha value is -2.63. The summed E-state index contributed by atoms with van der Waals surface area (Å²) in [6.07, 6.45) is 64.9. The summed E-state index contributed by atoms with van der Waals surface area (Å²) in [7, 11) is 0. The average Bonchev–Trinajstić information content (AvgIpc) is 3.37. The number of aliphatic hydroxyl groups excluding tert-OH is 4. The molecule has 0 bridgehead atoms. The van der Waals surface area contributed by atoms with E-state index in [0.29, 0.717) is 13.0 Å². The molecule has 0 spiro atoms. The van der Waals surface area contributed by atoms with Gasteiger partial charge in [-0.05, 0) is 70.6 Å². The second-order valence-corrected chi connectivity index (χ2v) is 19.7. The van der Waals surface area contributed by atoms with Crippen LogP contribution in [0.15, 0.2) is 85.1 Å². The molecule has 1 rings (SSSR count). The summed E-state index contributed by atoms with van der Waals surface area (Å²) in [5.74, 6) is -0.321. The van der Waals surface area contributed by atoms with Crippen molar-refractivity contribution in [3.05, 3.63) is 85.1 Å². The molecule has 0 radical (unpaired) electrons. The van der Waals surface area contributed by atoms with Crippen LogP contribution in [0.4, 0.5) is 0 Å². The molecule has 0 aromatic rings. The highest BCUT2D eigenvalue weighted by molar-refractivity contribution is 5.69. The summed E-state index contributed by atoms with van der Waals surface area (Å²) in [5, 5.41) is 40.4. The summed E-state index contributed by atoms with van der Waals surface area (Å²) in [6.45, 7) is 4.41. The molecule has 4 N–H and O–H groups in total. The van der Waals surface area contributed by atoms with Gasteiger partial charge >= 0.3 is 5.97 Å². The van der Waals surface area contributed by atoms with Crippen LogP contribution in [0.1, 0.15) is 239 Å². The van der Waals surface area contributed by atoms with Gasteiger partial charge in [-0.2, -0.15) is 0 Å².